The summed E-state index contributed by atoms with van der Waals surface area (Å²) in [7, 11) is 2.68. The Labute approximate surface area is 346 Å². The van der Waals surface area contributed by atoms with Crippen LogP contribution in [0.15, 0.2) is 146 Å². The number of aryl methyl sites for hydroxylation is 2. The van der Waals surface area contributed by atoms with E-state index in [1.165, 1.54) is 14.2 Å². The number of carbonyl (C=O) groups is 4. The number of amides is 2. The van der Waals surface area contributed by atoms with Gasteiger partial charge in [-0.3, -0.25) is 24.4 Å². The lowest BCUT2D eigenvalue weighted by atomic mass is 9.98. The van der Waals surface area contributed by atoms with Crippen molar-refractivity contribution in [2.45, 2.75) is 25.9 Å². The van der Waals surface area contributed by atoms with Gasteiger partial charge in [-0.05, 0) is 57.6 Å². The van der Waals surface area contributed by atoms with Crippen molar-refractivity contribution in [1.29, 1.82) is 0 Å². The maximum absolute atomic E-state index is 12.4. The van der Waals surface area contributed by atoms with Crippen molar-refractivity contribution in [1.82, 2.24) is 19.1 Å². The SMILES string of the molecule is COC(=O)CCn1c(C(=O)OC)cc2c(-c3cccc(-c4ccccc4)c3)cncc21.NC(=O)CCn1c(C(N)=O)cc2c(-c3cccc(-c4ccccc4)c3)cncc21. The molecule has 0 aliphatic carbocycles. The number of aromatic nitrogens is 4. The van der Waals surface area contributed by atoms with E-state index < -0.39 is 17.8 Å². The molecule has 8 rings (SSSR count). The molecular formula is C48H42N6O6. The fourth-order valence-corrected chi connectivity index (χ4v) is 7.28. The number of carbonyl (C=O) groups excluding carboxylic acids is 4. The van der Waals surface area contributed by atoms with Crippen LogP contribution in [0.4, 0.5) is 0 Å². The molecule has 0 spiro atoms. The van der Waals surface area contributed by atoms with Crippen LogP contribution in [0.2, 0.25) is 0 Å². The molecule has 2 amide bonds. The third kappa shape index (κ3) is 8.67. The summed E-state index contributed by atoms with van der Waals surface area (Å²) in [6.07, 6.45) is 7.18. The van der Waals surface area contributed by atoms with E-state index in [1.54, 1.807) is 46.1 Å². The molecule has 8 aromatic rings. The van der Waals surface area contributed by atoms with E-state index >= 15 is 0 Å². The first-order chi connectivity index (χ1) is 29.2. The summed E-state index contributed by atoms with van der Waals surface area (Å²) in [5, 5.41) is 1.72. The molecule has 300 valence electrons. The number of benzene rings is 4. The Balaban J connectivity index is 0.000000182. The molecule has 0 aliphatic rings. The number of rotatable bonds is 12. The highest BCUT2D eigenvalue weighted by Gasteiger charge is 2.21. The van der Waals surface area contributed by atoms with E-state index in [0.29, 0.717) is 11.4 Å². The van der Waals surface area contributed by atoms with Gasteiger partial charge in [-0.2, -0.15) is 0 Å². The zero-order valence-corrected chi connectivity index (χ0v) is 33.1. The summed E-state index contributed by atoms with van der Waals surface area (Å²) in [6, 6.07) is 40.1. The van der Waals surface area contributed by atoms with Gasteiger partial charge in [0.1, 0.15) is 11.4 Å². The van der Waals surface area contributed by atoms with Crippen LogP contribution in [-0.4, -0.2) is 57.1 Å². The first kappa shape index (κ1) is 40.3. The highest BCUT2D eigenvalue weighted by atomic mass is 16.5. The van der Waals surface area contributed by atoms with Crippen LogP contribution in [0.3, 0.4) is 0 Å². The summed E-state index contributed by atoms with van der Waals surface area (Å²) < 4.78 is 13.2. The van der Waals surface area contributed by atoms with Gasteiger partial charge < -0.3 is 30.1 Å². The van der Waals surface area contributed by atoms with Gasteiger partial charge in [0.15, 0.2) is 0 Å². The van der Waals surface area contributed by atoms with Gasteiger partial charge in [-0.1, -0.05) is 97.1 Å². The molecule has 4 heterocycles. The second kappa shape index (κ2) is 18.2. The molecule has 0 fully saturated rings. The van der Waals surface area contributed by atoms with Crippen molar-refractivity contribution < 1.29 is 28.7 Å². The quantitative estimate of drug-likeness (QED) is 0.117. The Morgan fingerprint density at radius 2 is 0.967 bits per heavy atom. The summed E-state index contributed by atoms with van der Waals surface area (Å²) in [5.41, 5.74) is 21.2. The Morgan fingerprint density at radius 1 is 0.517 bits per heavy atom. The average molecular weight is 799 g/mol. The van der Waals surface area contributed by atoms with Crippen LogP contribution in [0.1, 0.15) is 33.8 Å². The summed E-state index contributed by atoms with van der Waals surface area (Å²) >= 11 is 0. The standard InChI is InChI=1S/C25H22N2O4.C23H20N4O2/c1-30-24(28)11-12-27-22(25(29)31-2)14-20-21(15-26-16-23(20)27)19-10-6-9-18(13-19)17-7-4-3-5-8-17;24-22(28)9-10-27-20(23(25)29)12-18-19(13-26-14-21(18)27)17-8-4-7-16(11-17)15-5-2-1-3-6-15/h3-10,13-16H,11-12H2,1-2H3;1-8,11-14H,9-10H2,(H2,24,28)(H2,25,29). The summed E-state index contributed by atoms with van der Waals surface area (Å²) in [4.78, 5) is 56.1. The maximum atomic E-state index is 12.4. The fraction of sp³-hybridized carbons (Fsp3) is 0.125. The molecule has 4 aromatic heterocycles. The molecule has 0 saturated carbocycles. The summed E-state index contributed by atoms with van der Waals surface area (Å²) in [6.45, 7) is 0.558. The smallest absolute Gasteiger partial charge is 0.354 e. The normalized spacial score (nSPS) is 10.8. The molecule has 4 aromatic carbocycles. The van der Waals surface area contributed by atoms with Crippen molar-refractivity contribution in [3.8, 4) is 44.5 Å². The Hall–Kier alpha value is -7.86. The zero-order chi connectivity index (χ0) is 42.2. The molecule has 0 radical (unpaired) electrons. The van der Waals surface area contributed by atoms with Crippen LogP contribution in [0.5, 0.6) is 0 Å². The van der Waals surface area contributed by atoms with E-state index in [2.05, 4.69) is 58.5 Å². The summed E-state index contributed by atoms with van der Waals surface area (Å²) in [5.74, 6) is -1.82. The van der Waals surface area contributed by atoms with Crippen molar-refractivity contribution in [3.05, 3.63) is 158 Å². The molecular weight excluding hydrogens is 757 g/mol. The van der Waals surface area contributed by atoms with Crippen LogP contribution in [0, 0.1) is 0 Å². The lowest BCUT2D eigenvalue weighted by Gasteiger charge is -2.10. The Morgan fingerprint density at radius 3 is 1.43 bits per heavy atom. The molecule has 0 atom stereocenters. The molecule has 12 nitrogen and oxygen atoms in total. The third-order valence-electron chi connectivity index (χ3n) is 10.2. The molecule has 4 N–H and O–H groups in total. The minimum Gasteiger partial charge on any atom is -0.469 e. The second-order valence-electron chi connectivity index (χ2n) is 13.9. The number of hydrogen-bond acceptors (Lipinski definition) is 8. The molecule has 12 heteroatoms. The number of esters is 2. The number of nitrogens with zero attached hydrogens (tertiary/aromatic N) is 4. The number of fused-ring (bicyclic) bond motifs is 2. The minimum absolute atomic E-state index is 0.109. The van der Waals surface area contributed by atoms with Gasteiger partial charge in [0.05, 0.1) is 44.1 Å². The highest BCUT2D eigenvalue weighted by Crippen LogP contribution is 2.35. The zero-order valence-electron chi connectivity index (χ0n) is 33.1. The van der Waals surface area contributed by atoms with Gasteiger partial charge in [-0.25, -0.2) is 4.79 Å². The predicted molar refractivity (Wildman–Crippen MR) is 232 cm³/mol. The average Bonchev–Trinajstić information content (AvgIpc) is 3.87. The predicted octanol–water partition coefficient (Wildman–Crippen LogP) is 8.06. The van der Waals surface area contributed by atoms with E-state index in [1.807, 2.05) is 60.7 Å². The number of ether oxygens (including phenoxy) is 2. The van der Waals surface area contributed by atoms with Gasteiger partial charge in [0, 0.05) is 53.8 Å². The second-order valence-corrected chi connectivity index (χ2v) is 13.9. The molecule has 0 bridgehead atoms. The van der Waals surface area contributed by atoms with E-state index in [9.17, 15) is 19.2 Å². The van der Waals surface area contributed by atoms with E-state index in [4.69, 9.17) is 20.9 Å². The lowest BCUT2D eigenvalue weighted by molar-refractivity contribution is -0.140. The number of nitrogens with two attached hydrogens (primary N) is 2. The number of primary amides is 2. The van der Waals surface area contributed by atoms with Crippen LogP contribution < -0.4 is 11.5 Å². The van der Waals surface area contributed by atoms with Crippen molar-refractivity contribution in [2.24, 2.45) is 11.5 Å². The van der Waals surface area contributed by atoms with E-state index in [-0.39, 0.29) is 31.9 Å². The molecule has 0 saturated heterocycles. The van der Waals surface area contributed by atoms with Gasteiger partial charge >= 0.3 is 11.9 Å². The fourth-order valence-electron chi connectivity index (χ4n) is 7.28. The first-order valence-electron chi connectivity index (χ1n) is 19.2. The monoisotopic (exact) mass is 798 g/mol. The van der Waals surface area contributed by atoms with Crippen LogP contribution in [0.25, 0.3) is 66.3 Å². The topological polar surface area (TPSA) is 174 Å². The van der Waals surface area contributed by atoms with Gasteiger partial charge in [-0.15, -0.1) is 0 Å². The molecule has 0 aliphatic heterocycles. The minimum atomic E-state index is -0.561. The number of methoxy groups -OCH3 is 2. The molecule has 60 heavy (non-hydrogen) atoms. The first-order valence-corrected chi connectivity index (χ1v) is 19.2. The van der Waals surface area contributed by atoms with Crippen molar-refractivity contribution in [2.75, 3.05) is 14.2 Å². The Bertz CT molecular complexity index is 2850. The van der Waals surface area contributed by atoms with Crippen molar-refractivity contribution >= 4 is 45.6 Å². The lowest BCUT2D eigenvalue weighted by Crippen LogP contribution is -2.19. The largest absolute Gasteiger partial charge is 0.469 e. The van der Waals surface area contributed by atoms with E-state index in [0.717, 1.165) is 66.3 Å². The van der Waals surface area contributed by atoms with Crippen molar-refractivity contribution in [3.63, 3.8) is 0 Å². The van der Waals surface area contributed by atoms with Crippen LogP contribution >= 0.6 is 0 Å². The Kier molecular flexibility index (Phi) is 12.2. The third-order valence-corrected chi connectivity index (χ3v) is 10.2. The number of hydrogen-bond donors (Lipinski definition) is 2. The maximum Gasteiger partial charge on any atom is 0.354 e. The molecule has 0 unspecified atom stereocenters. The van der Waals surface area contributed by atoms with Gasteiger partial charge in [0.25, 0.3) is 5.91 Å². The highest BCUT2D eigenvalue weighted by molar-refractivity contribution is 6.04. The van der Waals surface area contributed by atoms with Gasteiger partial charge in [0.2, 0.25) is 5.91 Å². The number of pyridine rings is 2. The van der Waals surface area contributed by atoms with Crippen LogP contribution in [-0.2, 0) is 32.2 Å².